The molecule has 0 spiro atoms. The standard InChI is InChI=1S/C16H18BNOP/c1-2-15(16(18)19)20(17,13-9-5-3-6-10-13)14-11-7-4-8-12-14/h3-12,15H,2H2,1H3,(H2,18,19)/q+1. The second-order valence-corrected chi connectivity index (χ2v) is 7.99. The Balaban J connectivity index is 2.63. The van der Waals surface area contributed by atoms with Crippen molar-refractivity contribution < 1.29 is 4.79 Å². The third-order valence-electron chi connectivity index (χ3n) is 3.57. The Labute approximate surface area is 122 Å². The van der Waals surface area contributed by atoms with E-state index in [1.165, 1.54) is 0 Å². The highest BCUT2D eigenvalue weighted by Crippen LogP contribution is 2.57. The molecular weight excluding hydrogens is 264 g/mol. The summed E-state index contributed by atoms with van der Waals surface area (Å²) in [6.07, 6.45) is 0.642. The summed E-state index contributed by atoms with van der Waals surface area (Å²) < 4.78 is 0. The zero-order chi connectivity index (χ0) is 14.6. The molecule has 2 nitrogen and oxygen atoms in total. The van der Waals surface area contributed by atoms with E-state index < -0.39 is 7.14 Å². The number of hydrogen-bond acceptors (Lipinski definition) is 1. The summed E-state index contributed by atoms with van der Waals surface area (Å²) in [5, 5.41) is 2.02. The summed E-state index contributed by atoms with van der Waals surface area (Å²) >= 11 is 0. The Morgan fingerprint density at radius 1 is 1.05 bits per heavy atom. The van der Waals surface area contributed by atoms with Gasteiger partial charge in [0.1, 0.15) is 5.66 Å². The van der Waals surface area contributed by atoms with Gasteiger partial charge in [0.15, 0.2) is 0 Å². The molecule has 0 saturated heterocycles. The van der Waals surface area contributed by atoms with Crippen LogP contribution < -0.4 is 16.3 Å². The SMILES string of the molecule is [B][P+](c1ccccc1)(c1ccccc1)C(CC)C(N)=O. The molecule has 0 aromatic heterocycles. The second-order valence-electron chi connectivity index (χ2n) is 4.77. The lowest BCUT2D eigenvalue weighted by Crippen LogP contribution is -2.39. The topological polar surface area (TPSA) is 43.1 Å². The van der Waals surface area contributed by atoms with Gasteiger partial charge in [-0.2, -0.15) is 0 Å². The third-order valence-corrected chi connectivity index (χ3v) is 7.48. The Morgan fingerprint density at radius 3 is 1.75 bits per heavy atom. The lowest BCUT2D eigenvalue weighted by Gasteiger charge is -2.29. The first-order valence-electron chi connectivity index (χ1n) is 6.68. The van der Waals surface area contributed by atoms with Crippen molar-refractivity contribution in [3.63, 3.8) is 0 Å². The van der Waals surface area contributed by atoms with Gasteiger partial charge in [-0.25, -0.2) is 0 Å². The van der Waals surface area contributed by atoms with Gasteiger partial charge in [0.2, 0.25) is 0 Å². The number of amides is 1. The minimum atomic E-state index is -2.31. The molecule has 0 saturated carbocycles. The molecule has 0 bridgehead atoms. The minimum absolute atomic E-state index is 0.323. The van der Waals surface area contributed by atoms with Crippen molar-refractivity contribution in [2.24, 2.45) is 5.73 Å². The molecule has 0 aliphatic carbocycles. The molecule has 0 aliphatic heterocycles. The number of primary amides is 1. The molecule has 0 aliphatic rings. The molecule has 20 heavy (non-hydrogen) atoms. The fourth-order valence-corrected chi connectivity index (χ4v) is 5.87. The van der Waals surface area contributed by atoms with Crippen LogP contribution in [0, 0.1) is 0 Å². The maximum Gasteiger partial charge on any atom is 0.378 e. The van der Waals surface area contributed by atoms with Crippen LogP contribution >= 0.6 is 7.14 Å². The first-order valence-corrected chi connectivity index (χ1v) is 8.61. The van der Waals surface area contributed by atoms with Gasteiger partial charge in [0.05, 0.1) is 10.6 Å². The predicted molar refractivity (Wildman–Crippen MR) is 88.1 cm³/mol. The van der Waals surface area contributed by atoms with Crippen molar-refractivity contribution in [2.75, 3.05) is 0 Å². The fraction of sp³-hybridized carbons (Fsp3) is 0.188. The number of nitrogens with two attached hydrogens (primary N) is 1. The summed E-state index contributed by atoms with van der Waals surface area (Å²) in [5.41, 5.74) is 5.28. The lowest BCUT2D eigenvalue weighted by molar-refractivity contribution is -0.117. The number of hydrogen-bond donors (Lipinski definition) is 1. The van der Waals surface area contributed by atoms with Crippen molar-refractivity contribution in [1.82, 2.24) is 0 Å². The Morgan fingerprint density at radius 2 is 1.45 bits per heavy atom. The molecule has 0 heterocycles. The normalized spacial score (nSPS) is 12.8. The van der Waals surface area contributed by atoms with E-state index in [2.05, 4.69) is 0 Å². The molecule has 2 aromatic rings. The number of carbonyl (C=O) groups excluding carboxylic acids is 1. The Bertz CT molecular complexity index is 534. The minimum Gasteiger partial charge on any atom is -0.366 e. The molecule has 0 fully saturated rings. The molecule has 1 unspecified atom stereocenters. The van der Waals surface area contributed by atoms with Gasteiger partial charge < -0.3 is 5.73 Å². The van der Waals surface area contributed by atoms with E-state index >= 15 is 0 Å². The van der Waals surface area contributed by atoms with E-state index in [9.17, 15) is 4.79 Å². The molecule has 1 atom stereocenters. The molecular formula is C16H18BNOP+. The molecule has 2 radical (unpaired) electrons. The average Bonchev–Trinajstić information content (AvgIpc) is 2.49. The highest BCUT2D eigenvalue weighted by molar-refractivity contribution is 8.09. The highest BCUT2D eigenvalue weighted by Gasteiger charge is 2.47. The highest BCUT2D eigenvalue weighted by atomic mass is 31.2. The van der Waals surface area contributed by atoms with Crippen LogP contribution in [0.1, 0.15) is 13.3 Å². The van der Waals surface area contributed by atoms with Gasteiger partial charge >= 0.3 is 7.57 Å². The molecule has 2 N–H and O–H groups in total. The Kier molecular flexibility index (Phi) is 4.62. The average molecular weight is 282 g/mol. The second kappa shape index (κ2) is 6.24. The smallest absolute Gasteiger partial charge is 0.366 e. The van der Waals surface area contributed by atoms with Crippen LogP contribution in [-0.4, -0.2) is 19.1 Å². The quantitative estimate of drug-likeness (QED) is 0.661. The third kappa shape index (κ3) is 2.64. The van der Waals surface area contributed by atoms with Crippen LogP contribution in [0.15, 0.2) is 60.7 Å². The van der Waals surface area contributed by atoms with Crippen LogP contribution in [0.2, 0.25) is 0 Å². The maximum absolute atomic E-state index is 11.9. The fourth-order valence-electron chi connectivity index (χ4n) is 2.55. The van der Waals surface area contributed by atoms with Crippen LogP contribution in [0.3, 0.4) is 0 Å². The zero-order valence-electron chi connectivity index (χ0n) is 11.6. The summed E-state index contributed by atoms with van der Waals surface area (Å²) in [5.74, 6) is -0.323. The van der Waals surface area contributed by atoms with E-state index in [0.29, 0.717) is 6.42 Å². The van der Waals surface area contributed by atoms with E-state index in [-0.39, 0.29) is 11.6 Å². The molecule has 4 heteroatoms. The van der Waals surface area contributed by atoms with Crippen LogP contribution in [0.4, 0.5) is 0 Å². The molecule has 2 rings (SSSR count). The predicted octanol–water partition coefficient (Wildman–Crippen LogP) is 2.00. The summed E-state index contributed by atoms with van der Waals surface area (Å²) in [6, 6.07) is 19.7. The zero-order valence-corrected chi connectivity index (χ0v) is 12.5. The van der Waals surface area contributed by atoms with E-state index in [4.69, 9.17) is 13.3 Å². The molecule has 1 amide bonds. The van der Waals surface area contributed by atoms with Crippen molar-refractivity contribution in [3.05, 3.63) is 60.7 Å². The van der Waals surface area contributed by atoms with Gasteiger partial charge in [0.25, 0.3) is 5.91 Å². The van der Waals surface area contributed by atoms with Crippen LogP contribution in [0.5, 0.6) is 0 Å². The van der Waals surface area contributed by atoms with Crippen molar-refractivity contribution in [2.45, 2.75) is 19.0 Å². The van der Waals surface area contributed by atoms with Gasteiger partial charge in [-0.1, -0.05) is 43.3 Å². The van der Waals surface area contributed by atoms with Gasteiger partial charge in [-0.15, -0.1) is 0 Å². The molecule has 2 aromatic carbocycles. The lowest BCUT2D eigenvalue weighted by atomic mass is 10.3. The van der Waals surface area contributed by atoms with Gasteiger partial charge in [-0.3, -0.25) is 4.79 Å². The monoisotopic (exact) mass is 282 g/mol. The van der Waals surface area contributed by atoms with Crippen molar-refractivity contribution in [1.29, 1.82) is 0 Å². The van der Waals surface area contributed by atoms with Crippen molar-refractivity contribution in [3.8, 4) is 0 Å². The van der Waals surface area contributed by atoms with Crippen LogP contribution in [-0.2, 0) is 4.79 Å². The Hall–Kier alpha value is -1.60. The summed E-state index contributed by atoms with van der Waals surface area (Å²) in [4.78, 5) is 11.9. The molecule has 100 valence electrons. The van der Waals surface area contributed by atoms with E-state index in [1.54, 1.807) is 0 Å². The van der Waals surface area contributed by atoms with E-state index in [1.807, 2.05) is 67.6 Å². The summed E-state index contributed by atoms with van der Waals surface area (Å²) in [6.45, 7) is 1.96. The first kappa shape index (κ1) is 14.8. The maximum atomic E-state index is 11.9. The van der Waals surface area contributed by atoms with Crippen molar-refractivity contribution >= 4 is 31.2 Å². The first-order chi connectivity index (χ1) is 9.60. The largest absolute Gasteiger partial charge is 0.378 e. The number of benzene rings is 2. The van der Waals surface area contributed by atoms with Crippen LogP contribution in [0.25, 0.3) is 0 Å². The number of rotatable bonds is 5. The number of carbonyl (C=O) groups is 1. The summed E-state index contributed by atoms with van der Waals surface area (Å²) in [7, 11) is 4.49. The van der Waals surface area contributed by atoms with E-state index in [0.717, 1.165) is 10.6 Å². The van der Waals surface area contributed by atoms with Gasteiger partial charge in [0, 0.05) is 7.14 Å². The van der Waals surface area contributed by atoms with Gasteiger partial charge in [-0.05, 0) is 30.7 Å².